The number of aldehydes is 1. The number of hydrogen-bond donors (Lipinski definition) is 6. The molecule has 0 aromatic heterocycles. The molecule has 0 radical (unpaired) electrons. The summed E-state index contributed by atoms with van der Waals surface area (Å²) in [4.78, 5) is 9.90. The molecule has 0 fully saturated rings. The highest BCUT2D eigenvalue weighted by atomic mass is 79.9. The summed E-state index contributed by atoms with van der Waals surface area (Å²) in [5.74, 6) is 0.337. The summed E-state index contributed by atoms with van der Waals surface area (Å²) in [6, 6.07) is 5.36. The highest BCUT2D eigenvalue weighted by molar-refractivity contribution is 9.10. The fourth-order valence-corrected chi connectivity index (χ4v) is 1.57. The first kappa shape index (κ1) is 20.0. The van der Waals surface area contributed by atoms with Crippen LogP contribution in [-0.4, -0.2) is 67.9 Å². The number of aliphatic hydroxyl groups excluding tert-OH is 5. The Morgan fingerprint density at radius 3 is 2.14 bits per heavy atom. The second-order valence-corrected chi connectivity index (χ2v) is 5.10. The zero-order valence-corrected chi connectivity index (χ0v) is 12.9. The molecule has 4 unspecified atom stereocenters. The largest absolute Gasteiger partial charge is 0.508 e. The molecule has 7 nitrogen and oxygen atoms in total. The van der Waals surface area contributed by atoms with Gasteiger partial charge in [-0.2, -0.15) is 0 Å². The van der Waals surface area contributed by atoms with Crippen molar-refractivity contribution in [2.45, 2.75) is 31.3 Å². The van der Waals surface area contributed by atoms with E-state index in [2.05, 4.69) is 15.9 Å². The summed E-state index contributed by atoms with van der Waals surface area (Å²) < 4.78 is 0.947. The van der Waals surface area contributed by atoms with E-state index in [1.165, 1.54) is 0 Å². The van der Waals surface area contributed by atoms with Gasteiger partial charge in [0.2, 0.25) is 0 Å². The summed E-state index contributed by atoms with van der Waals surface area (Å²) in [5.41, 5.74) is 0.887. The van der Waals surface area contributed by atoms with Crippen LogP contribution in [0.2, 0.25) is 0 Å². The van der Waals surface area contributed by atoms with Gasteiger partial charge in [-0.15, -0.1) is 0 Å². The van der Waals surface area contributed by atoms with E-state index >= 15 is 0 Å². The van der Waals surface area contributed by atoms with Crippen LogP contribution in [0.15, 0.2) is 22.7 Å². The van der Waals surface area contributed by atoms with Crippen molar-refractivity contribution < 1.29 is 35.4 Å². The molecule has 4 atom stereocenters. The van der Waals surface area contributed by atoms with Crippen LogP contribution >= 0.6 is 15.9 Å². The highest BCUT2D eigenvalue weighted by Crippen LogP contribution is 2.23. The monoisotopic (exact) mass is 366 g/mol. The molecule has 1 rings (SSSR count). The van der Waals surface area contributed by atoms with Gasteiger partial charge in [-0.3, -0.25) is 0 Å². The SMILES string of the molecule is Cc1c(O)cccc1Br.O=CC(O)C(O)C(O)C(O)CO. The van der Waals surface area contributed by atoms with E-state index < -0.39 is 31.0 Å². The van der Waals surface area contributed by atoms with E-state index in [1.54, 1.807) is 12.1 Å². The molecule has 8 heteroatoms. The molecule has 0 aliphatic carbocycles. The molecule has 0 bridgehead atoms. The third kappa shape index (κ3) is 6.51. The molecular weight excluding hydrogens is 348 g/mol. The third-order valence-electron chi connectivity index (χ3n) is 2.66. The average molecular weight is 367 g/mol. The standard InChI is InChI=1S/C7H7BrO.C6H12O6/c1-5-6(8)3-2-4-7(5)9;7-1-3(9)5(11)6(12)4(10)2-8/h2-4,9H,1H3;1,3-6,8-12H,2H2. The number of hydrogen-bond acceptors (Lipinski definition) is 7. The van der Waals surface area contributed by atoms with Crippen molar-refractivity contribution >= 4 is 22.2 Å². The van der Waals surface area contributed by atoms with Gasteiger partial charge in [-0.1, -0.05) is 22.0 Å². The van der Waals surface area contributed by atoms with Crippen LogP contribution in [0.4, 0.5) is 0 Å². The minimum Gasteiger partial charge on any atom is -0.508 e. The lowest BCUT2D eigenvalue weighted by Gasteiger charge is -2.22. The lowest BCUT2D eigenvalue weighted by molar-refractivity contribution is -0.136. The van der Waals surface area contributed by atoms with Crippen LogP contribution < -0.4 is 0 Å². The van der Waals surface area contributed by atoms with Gasteiger partial charge in [-0.05, 0) is 19.1 Å². The van der Waals surface area contributed by atoms with Crippen molar-refractivity contribution in [2.24, 2.45) is 0 Å². The highest BCUT2D eigenvalue weighted by Gasteiger charge is 2.29. The van der Waals surface area contributed by atoms with Gasteiger partial charge in [0.05, 0.1) is 6.61 Å². The number of phenolic OH excluding ortho intramolecular Hbond substituents is 1. The number of benzene rings is 1. The molecule has 1 aromatic rings. The first-order valence-electron chi connectivity index (χ1n) is 5.98. The summed E-state index contributed by atoms with van der Waals surface area (Å²) in [6.07, 6.45) is -6.84. The predicted molar refractivity (Wildman–Crippen MR) is 77.7 cm³/mol. The number of phenols is 1. The van der Waals surface area contributed by atoms with Crippen molar-refractivity contribution in [3.63, 3.8) is 0 Å². The smallest absolute Gasteiger partial charge is 0.151 e. The summed E-state index contributed by atoms with van der Waals surface area (Å²) >= 11 is 3.29. The van der Waals surface area contributed by atoms with Gasteiger partial charge in [0, 0.05) is 10.0 Å². The molecule has 120 valence electrons. The summed E-state index contributed by atoms with van der Waals surface area (Å²) in [7, 11) is 0. The van der Waals surface area contributed by atoms with Gasteiger partial charge < -0.3 is 35.4 Å². The van der Waals surface area contributed by atoms with Gasteiger partial charge in [0.1, 0.15) is 30.2 Å². The fraction of sp³-hybridized carbons (Fsp3) is 0.462. The minimum atomic E-state index is -1.79. The maximum absolute atomic E-state index is 9.90. The molecule has 21 heavy (non-hydrogen) atoms. The van der Waals surface area contributed by atoms with Crippen molar-refractivity contribution in [2.75, 3.05) is 6.61 Å². The van der Waals surface area contributed by atoms with Crippen molar-refractivity contribution in [3.05, 3.63) is 28.2 Å². The minimum absolute atomic E-state index is 0.0258. The fourth-order valence-electron chi connectivity index (χ4n) is 1.21. The molecule has 0 heterocycles. The summed E-state index contributed by atoms with van der Waals surface area (Å²) in [5, 5.41) is 52.6. The van der Waals surface area contributed by atoms with Crippen LogP contribution in [0.5, 0.6) is 5.75 Å². The van der Waals surface area contributed by atoms with E-state index in [1.807, 2.05) is 13.0 Å². The predicted octanol–water partition coefficient (Wildman–Crippen LogP) is -0.916. The number of carbonyl (C=O) groups is 1. The Morgan fingerprint density at radius 2 is 1.76 bits per heavy atom. The number of halogens is 1. The van der Waals surface area contributed by atoms with Gasteiger partial charge >= 0.3 is 0 Å². The lowest BCUT2D eigenvalue weighted by Crippen LogP contribution is -2.46. The van der Waals surface area contributed by atoms with Crippen molar-refractivity contribution in [1.29, 1.82) is 0 Å². The number of aliphatic hydroxyl groups is 5. The average Bonchev–Trinajstić information content (AvgIpc) is 2.49. The Hall–Kier alpha value is -1.03. The maximum atomic E-state index is 9.90. The van der Waals surface area contributed by atoms with Gasteiger partial charge in [0.15, 0.2) is 6.29 Å². The lowest BCUT2D eigenvalue weighted by atomic mass is 10.0. The van der Waals surface area contributed by atoms with E-state index in [4.69, 9.17) is 30.6 Å². The topological polar surface area (TPSA) is 138 Å². The quantitative estimate of drug-likeness (QED) is 0.370. The normalized spacial score (nSPS) is 16.1. The molecular formula is C13H19BrO7. The van der Waals surface area contributed by atoms with E-state index in [0.29, 0.717) is 5.75 Å². The van der Waals surface area contributed by atoms with Crippen LogP contribution in [0.3, 0.4) is 0 Å². The zero-order valence-electron chi connectivity index (χ0n) is 11.3. The van der Waals surface area contributed by atoms with Crippen molar-refractivity contribution in [1.82, 2.24) is 0 Å². The Kier molecular flexibility index (Phi) is 9.34. The Morgan fingerprint density at radius 1 is 1.19 bits per heavy atom. The second-order valence-electron chi connectivity index (χ2n) is 4.24. The molecule has 0 spiro atoms. The Bertz CT molecular complexity index is 420. The summed E-state index contributed by atoms with van der Waals surface area (Å²) in [6.45, 7) is 1.10. The third-order valence-corrected chi connectivity index (χ3v) is 3.52. The van der Waals surface area contributed by atoms with Gasteiger partial charge in [-0.25, -0.2) is 0 Å². The maximum Gasteiger partial charge on any atom is 0.151 e. The van der Waals surface area contributed by atoms with Crippen LogP contribution in [0, 0.1) is 6.92 Å². The molecule has 0 amide bonds. The Labute approximate surface area is 130 Å². The van der Waals surface area contributed by atoms with E-state index in [0.717, 1.165) is 10.0 Å². The number of aromatic hydroxyl groups is 1. The Balaban J connectivity index is 0.000000394. The van der Waals surface area contributed by atoms with Crippen molar-refractivity contribution in [3.8, 4) is 5.75 Å². The van der Waals surface area contributed by atoms with E-state index in [-0.39, 0.29) is 6.29 Å². The molecule has 0 aliphatic heterocycles. The number of carbonyl (C=O) groups excluding carboxylic acids is 1. The first-order chi connectivity index (χ1) is 9.76. The van der Waals surface area contributed by atoms with Crippen LogP contribution in [0.25, 0.3) is 0 Å². The number of rotatable bonds is 5. The first-order valence-corrected chi connectivity index (χ1v) is 6.78. The molecule has 0 saturated heterocycles. The zero-order chi connectivity index (χ0) is 16.6. The van der Waals surface area contributed by atoms with Gasteiger partial charge in [0.25, 0.3) is 0 Å². The molecule has 0 aliphatic rings. The molecule has 0 saturated carbocycles. The van der Waals surface area contributed by atoms with E-state index in [9.17, 15) is 4.79 Å². The van der Waals surface area contributed by atoms with Crippen LogP contribution in [0.1, 0.15) is 5.56 Å². The second kappa shape index (κ2) is 9.82. The molecule has 6 N–H and O–H groups in total. The molecule has 1 aromatic carbocycles. The van der Waals surface area contributed by atoms with Crippen LogP contribution in [-0.2, 0) is 4.79 Å².